The minimum absolute atomic E-state index is 0.150. The fourth-order valence-corrected chi connectivity index (χ4v) is 5.07. The molecule has 154 valence electrons. The smallest absolute Gasteiger partial charge is 0.282 e. The number of aromatic nitrogens is 2. The molecule has 1 fully saturated rings. The van der Waals surface area contributed by atoms with Gasteiger partial charge in [0.2, 0.25) is 5.01 Å². The van der Waals surface area contributed by atoms with Crippen molar-refractivity contribution in [2.24, 2.45) is 0 Å². The second-order valence-corrected chi connectivity index (χ2v) is 9.39. The maximum Gasteiger partial charge on any atom is 0.282 e. The predicted molar refractivity (Wildman–Crippen MR) is 118 cm³/mol. The Kier molecular flexibility index (Phi) is 5.35. The van der Waals surface area contributed by atoms with Gasteiger partial charge in [-0.25, -0.2) is 0 Å². The largest absolute Gasteiger partial charge is 0.346 e. The number of carbonyl (C=O) groups excluding carboxylic acids is 1. The van der Waals surface area contributed by atoms with Crippen molar-refractivity contribution in [2.75, 3.05) is 0 Å². The zero-order valence-electron chi connectivity index (χ0n) is 17.2. The van der Waals surface area contributed by atoms with E-state index in [4.69, 9.17) is 0 Å². The third kappa shape index (κ3) is 4.16. The Morgan fingerprint density at radius 1 is 1.10 bits per heavy atom. The molecule has 1 amide bonds. The van der Waals surface area contributed by atoms with E-state index in [-0.39, 0.29) is 5.91 Å². The van der Waals surface area contributed by atoms with E-state index in [1.54, 1.807) is 0 Å². The monoisotopic (exact) mass is 418 g/mol. The number of rotatable bonds is 7. The van der Waals surface area contributed by atoms with Crippen molar-refractivity contribution < 1.29 is 4.79 Å². The summed E-state index contributed by atoms with van der Waals surface area (Å²) < 4.78 is 0. The Morgan fingerprint density at radius 2 is 1.90 bits per heavy atom. The second-order valence-electron chi connectivity index (χ2n) is 8.33. The molecule has 1 aromatic heterocycles. The van der Waals surface area contributed by atoms with Crippen LogP contribution in [0.3, 0.4) is 0 Å². The van der Waals surface area contributed by atoms with E-state index in [2.05, 4.69) is 63.7 Å². The number of fused-ring (bicyclic) bond motifs is 1. The number of benzene rings is 2. The van der Waals surface area contributed by atoms with Gasteiger partial charge in [0.1, 0.15) is 5.01 Å². The first-order valence-electron chi connectivity index (χ1n) is 10.7. The maximum absolute atomic E-state index is 12.5. The molecule has 6 heteroatoms. The second kappa shape index (κ2) is 8.28. The third-order valence-electron chi connectivity index (χ3n) is 6.07. The zero-order chi connectivity index (χ0) is 20.5. The average molecular weight is 419 g/mol. The number of nitrogens with zero attached hydrogens (tertiary/aromatic N) is 3. The van der Waals surface area contributed by atoms with Crippen molar-refractivity contribution in [1.29, 1.82) is 0 Å². The molecule has 0 unspecified atom stereocenters. The molecular weight excluding hydrogens is 392 g/mol. The molecule has 5 rings (SSSR count). The molecule has 30 heavy (non-hydrogen) atoms. The summed E-state index contributed by atoms with van der Waals surface area (Å²) in [6.07, 6.45) is 4.81. The summed E-state index contributed by atoms with van der Waals surface area (Å²) in [6, 6.07) is 18.1. The van der Waals surface area contributed by atoms with Crippen LogP contribution in [0, 0.1) is 6.92 Å². The first-order chi connectivity index (χ1) is 14.7. The molecule has 0 spiro atoms. The first-order valence-corrected chi connectivity index (χ1v) is 11.5. The summed E-state index contributed by atoms with van der Waals surface area (Å²) in [7, 11) is 0. The Balaban J connectivity index is 1.24. The Hall–Kier alpha value is -2.57. The molecule has 1 heterocycles. The van der Waals surface area contributed by atoms with Crippen molar-refractivity contribution in [2.45, 2.75) is 57.8 Å². The quantitative estimate of drug-likeness (QED) is 0.617. The topological polar surface area (TPSA) is 58.1 Å². The number of nitrogens with one attached hydrogen (secondary N) is 1. The number of hydrogen-bond acceptors (Lipinski definition) is 5. The summed E-state index contributed by atoms with van der Waals surface area (Å²) in [4.78, 5) is 15.1. The summed E-state index contributed by atoms with van der Waals surface area (Å²) in [5.41, 5.74) is 5.23. The van der Waals surface area contributed by atoms with Crippen LogP contribution in [0.15, 0.2) is 48.5 Å². The molecule has 2 aliphatic carbocycles. The Labute approximate surface area is 181 Å². The number of hydrogen-bond donors (Lipinski definition) is 1. The highest BCUT2D eigenvalue weighted by molar-refractivity contribution is 7.13. The molecule has 0 aliphatic heterocycles. The van der Waals surface area contributed by atoms with Crippen LogP contribution < -0.4 is 5.32 Å². The van der Waals surface area contributed by atoms with E-state index < -0.39 is 0 Å². The highest BCUT2D eigenvalue weighted by Crippen LogP contribution is 2.42. The van der Waals surface area contributed by atoms with E-state index in [1.165, 1.54) is 47.3 Å². The minimum atomic E-state index is -0.150. The number of amides is 1. The van der Waals surface area contributed by atoms with E-state index in [9.17, 15) is 4.79 Å². The van der Waals surface area contributed by atoms with Gasteiger partial charge in [0.15, 0.2) is 0 Å². The Morgan fingerprint density at radius 3 is 2.70 bits per heavy atom. The van der Waals surface area contributed by atoms with Gasteiger partial charge < -0.3 is 5.32 Å². The number of aryl methyl sites for hydroxylation is 2. The Bertz CT molecular complexity index is 1040. The summed E-state index contributed by atoms with van der Waals surface area (Å²) >= 11 is 1.42. The molecule has 2 aromatic carbocycles. The van der Waals surface area contributed by atoms with E-state index >= 15 is 0 Å². The van der Waals surface area contributed by atoms with Gasteiger partial charge in [0, 0.05) is 18.6 Å². The zero-order valence-corrected chi connectivity index (χ0v) is 18.0. The lowest BCUT2D eigenvalue weighted by atomic mass is 10.1. The van der Waals surface area contributed by atoms with Crippen LogP contribution in [0.1, 0.15) is 62.4 Å². The van der Waals surface area contributed by atoms with Gasteiger partial charge in [-0.1, -0.05) is 65.4 Å². The lowest BCUT2D eigenvalue weighted by Gasteiger charge is -2.28. The molecule has 0 bridgehead atoms. The molecule has 0 saturated heterocycles. The van der Waals surface area contributed by atoms with E-state index in [0.717, 1.165) is 23.5 Å². The molecule has 1 atom stereocenters. The van der Waals surface area contributed by atoms with Crippen LogP contribution in [-0.2, 0) is 19.5 Å². The molecule has 1 N–H and O–H groups in total. The average Bonchev–Trinajstić information content (AvgIpc) is 3.35. The molecular formula is C24H26N4OS. The molecule has 5 nitrogen and oxygen atoms in total. The third-order valence-corrected chi connectivity index (χ3v) is 6.98. The molecule has 3 aromatic rings. The summed E-state index contributed by atoms with van der Waals surface area (Å²) in [6.45, 7) is 3.33. The molecule has 1 saturated carbocycles. The van der Waals surface area contributed by atoms with E-state index in [0.29, 0.717) is 23.6 Å². The van der Waals surface area contributed by atoms with Gasteiger partial charge in [-0.15, -0.1) is 10.2 Å². The van der Waals surface area contributed by atoms with Gasteiger partial charge >= 0.3 is 0 Å². The SMILES string of the molecule is Cc1ccc(CNC(=O)c2nnc(CN(C3CC3)[C@H]3CCc4ccccc43)s2)cc1. The van der Waals surface area contributed by atoms with Crippen molar-refractivity contribution in [3.8, 4) is 0 Å². The van der Waals surface area contributed by atoms with Crippen molar-refractivity contribution >= 4 is 17.2 Å². The fraction of sp³-hybridized carbons (Fsp3) is 0.375. The minimum Gasteiger partial charge on any atom is -0.346 e. The highest BCUT2D eigenvalue weighted by atomic mass is 32.1. The molecule has 2 aliphatic rings. The van der Waals surface area contributed by atoms with Crippen LogP contribution in [0.25, 0.3) is 0 Å². The summed E-state index contributed by atoms with van der Waals surface area (Å²) in [5, 5.41) is 12.9. The van der Waals surface area contributed by atoms with Crippen molar-refractivity contribution in [3.63, 3.8) is 0 Å². The van der Waals surface area contributed by atoms with Crippen LogP contribution >= 0.6 is 11.3 Å². The number of carbonyl (C=O) groups is 1. The van der Waals surface area contributed by atoms with Crippen molar-refractivity contribution in [1.82, 2.24) is 20.4 Å². The standard InChI is InChI=1S/C24H26N4OS/c1-16-6-8-17(9-7-16)14-25-23(29)24-27-26-22(30-24)15-28(19-11-12-19)21-13-10-18-4-2-3-5-20(18)21/h2-9,19,21H,10-15H2,1H3,(H,25,29)/t21-/m0/s1. The van der Waals surface area contributed by atoms with Crippen molar-refractivity contribution in [3.05, 3.63) is 80.8 Å². The van der Waals surface area contributed by atoms with Crippen LogP contribution in [0.5, 0.6) is 0 Å². The normalized spacial score (nSPS) is 17.9. The van der Waals surface area contributed by atoms with Gasteiger partial charge in [-0.3, -0.25) is 9.69 Å². The van der Waals surface area contributed by atoms with Crippen LogP contribution in [-0.4, -0.2) is 27.0 Å². The van der Waals surface area contributed by atoms with Gasteiger partial charge in [-0.2, -0.15) is 0 Å². The highest BCUT2D eigenvalue weighted by Gasteiger charge is 2.38. The lowest BCUT2D eigenvalue weighted by molar-refractivity contribution is 0.0950. The van der Waals surface area contributed by atoms with Gasteiger partial charge in [-0.05, 0) is 49.3 Å². The predicted octanol–water partition coefficient (Wildman–Crippen LogP) is 4.43. The van der Waals surface area contributed by atoms with Gasteiger partial charge in [0.05, 0.1) is 6.54 Å². The molecule has 0 radical (unpaired) electrons. The fourth-order valence-electron chi connectivity index (χ4n) is 4.31. The lowest BCUT2D eigenvalue weighted by Crippen LogP contribution is -2.29. The van der Waals surface area contributed by atoms with Gasteiger partial charge in [0.25, 0.3) is 5.91 Å². The van der Waals surface area contributed by atoms with E-state index in [1.807, 2.05) is 12.1 Å². The van der Waals surface area contributed by atoms with Crippen LogP contribution in [0.4, 0.5) is 0 Å². The maximum atomic E-state index is 12.5. The first kappa shape index (κ1) is 19.4. The van der Waals surface area contributed by atoms with Crippen LogP contribution in [0.2, 0.25) is 0 Å². The summed E-state index contributed by atoms with van der Waals surface area (Å²) in [5.74, 6) is -0.150.